The maximum atomic E-state index is 12.7. The summed E-state index contributed by atoms with van der Waals surface area (Å²) in [6, 6.07) is 10.4. The lowest BCUT2D eigenvalue weighted by atomic mass is 9.96. The van der Waals surface area contributed by atoms with Gasteiger partial charge in [-0.2, -0.15) is 13.2 Å². The molecule has 2 N–H and O–H groups in total. The zero-order chi connectivity index (χ0) is 24.3. The number of aryl methyl sites for hydroxylation is 1. The van der Waals surface area contributed by atoms with Gasteiger partial charge >= 0.3 is 18.0 Å². The van der Waals surface area contributed by atoms with Gasteiger partial charge in [0.1, 0.15) is 0 Å². The van der Waals surface area contributed by atoms with Crippen LogP contribution in [-0.2, 0) is 22.2 Å². The van der Waals surface area contributed by atoms with Crippen LogP contribution in [0.4, 0.5) is 24.5 Å². The molecule has 0 saturated carbocycles. The lowest BCUT2D eigenvalue weighted by molar-refractivity contribution is -0.137. The van der Waals surface area contributed by atoms with Gasteiger partial charge in [-0.3, -0.25) is 14.5 Å². The molecule has 0 spiro atoms. The van der Waals surface area contributed by atoms with Crippen molar-refractivity contribution in [3.8, 4) is 0 Å². The largest absolute Gasteiger partial charge is 0.416 e. The fourth-order valence-corrected chi connectivity index (χ4v) is 4.72. The Bertz CT molecular complexity index is 1030. The summed E-state index contributed by atoms with van der Waals surface area (Å²) in [4.78, 5) is 29.4. The van der Waals surface area contributed by atoms with Crippen LogP contribution in [0.1, 0.15) is 42.0 Å². The van der Waals surface area contributed by atoms with Crippen LogP contribution in [0.25, 0.3) is 0 Å². The monoisotopic (exact) mass is 474 g/mol. The highest BCUT2D eigenvalue weighted by molar-refractivity contribution is 6.39. The van der Waals surface area contributed by atoms with E-state index in [1.54, 1.807) is 0 Å². The van der Waals surface area contributed by atoms with Crippen molar-refractivity contribution in [2.24, 2.45) is 0 Å². The molecule has 2 aliphatic heterocycles. The van der Waals surface area contributed by atoms with Gasteiger partial charge in [-0.15, -0.1) is 0 Å². The van der Waals surface area contributed by atoms with E-state index in [1.165, 1.54) is 11.3 Å². The van der Waals surface area contributed by atoms with E-state index in [-0.39, 0.29) is 18.3 Å². The third kappa shape index (κ3) is 5.52. The van der Waals surface area contributed by atoms with E-state index in [0.29, 0.717) is 0 Å². The third-order valence-corrected chi connectivity index (χ3v) is 6.55. The molecule has 1 unspecified atom stereocenters. The lowest BCUT2D eigenvalue weighted by Gasteiger charge is -2.31. The van der Waals surface area contributed by atoms with Crippen molar-refractivity contribution in [3.63, 3.8) is 0 Å². The van der Waals surface area contributed by atoms with Crippen molar-refractivity contribution in [1.29, 1.82) is 0 Å². The summed E-state index contributed by atoms with van der Waals surface area (Å²) in [5, 5.41) is 5.08. The van der Waals surface area contributed by atoms with Crippen LogP contribution in [-0.4, -0.2) is 49.9 Å². The molecule has 2 aromatic rings. The maximum absolute atomic E-state index is 12.7. The first-order valence-electron chi connectivity index (χ1n) is 11.6. The summed E-state index contributed by atoms with van der Waals surface area (Å²) in [6.45, 7) is 3.16. The van der Waals surface area contributed by atoms with Gasteiger partial charge in [0.15, 0.2) is 0 Å². The van der Waals surface area contributed by atoms with E-state index in [2.05, 4.69) is 45.7 Å². The Hall–Kier alpha value is -3.07. The quantitative estimate of drug-likeness (QED) is 0.644. The molecule has 6 nitrogen and oxygen atoms in total. The Kier molecular flexibility index (Phi) is 7.11. The smallest absolute Gasteiger partial charge is 0.374 e. The van der Waals surface area contributed by atoms with Crippen molar-refractivity contribution in [2.45, 2.75) is 37.9 Å². The summed E-state index contributed by atoms with van der Waals surface area (Å²) in [7, 11) is 2.09. The van der Waals surface area contributed by atoms with Gasteiger partial charge in [0.2, 0.25) is 0 Å². The van der Waals surface area contributed by atoms with Gasteiger partial charge in [0, 0.05) is 31.5 Å². The van der Waals surface area contributed by atoms with E-state index in [4.69, 9.17) is 0 Å². The number of fused-ring (bicyclic) bond motifs is 1. The van der Waals surface area contributed by atoms with Crippen LogP contribution in [0, 0.1) is 0 Å². The van der Waals surface area contributed by atoms with Crippen LogP contribution in [0.15, 0.2) is 42.5 Å². The fourth-order valence-electron chi connectivity index (χ4n) is 4.72. The summed E-state index contributed by atoms with van der Waals surface area (Å²) in [5.41, 5.74) is 2.94. The zero-order valence-corrected chi connectivity index (χ0v) is 19.1. The molecule has 1 fully saturated rings. The number of amides is 2. The van der Waals surface area contributed by atoms with Crippen molar-refractivity contribution in [1.82, 2.24) is 10.2 Å². The fraction of sp³-hybridized carbons (Fsp3) is 0.440. The Labute approximate surface area is 197 Å². The highest BCUT2D eigenvalue weighted by atomic mass is 19.4. The second-order valence-corrected chi connectivity index (χ2v) is 8.91. The predicted octanol–water partition coefficient (Wildman–Crippen LogP) is 3.98. The molecule has 1 atom stereocenters. The summed E-state index contributed by atoms with van der Waals surface area (Å²) < 4.78 is 38.1. The second kappa shape index (κ2) is 10.0. The molecule has 0 aliphatic carbocycles. The number of hydrogen-bond donors (Lipinski definition) is 2. The Balaban J connectivity index is 1.41. The number of benzene rings is 2. The molecule has 2 heterocycles. The molecule has 4 rings (SSSR count). The minimum Gasteiger partial charge on any atom is -0.374 e. The van der Waals surface area contributed by atoms with Gasteiger partial charge in [0.05, 0.1) is 11.6 Å². The molecule has 182 valence electrons. The maximum Gasteiger partial charge on any atom is 0.416 e. The van der Waals surface area contributed by atoms with Crippen LogP contribution in [0.5, 0.6) is 0 Å². The van der Waals surface area contributed by atoms with Gasteiger partial charge in [-0.25, -0.2) is 0 Å². The number of carbonyl (C=O) groups excluding carboxylic acids is 2. The number of nitrogens with one attached hydrogen (secondary N) is 2. The van der Waals surface area contributed by atoms with Gasteiger partial charge < -0.3 is 15.5 Å². The molecule has 1 saturated heterocycles. The van der Waals surface area contributed by atoms with E-state index < -0.39 is 23.6 Å². The van der Waals surface area contributed by atoms with Crippen LogP contribution in [0.2, 0.25) is 0 Å². The summed E-state index contributed by atoms with van der Waals surface area (Å²) in [6.07, 6.45) is -0.167. The Morgan fingerprint density at radius 1 is 0.971 bits per heavy atom. The van der Waals surface area contributed by atoms with Gasteiger partial charge in [0.25, 0.3) is 0 Å². The Morgan fingerprint density at radius 3 is 2.35 bits per heavy atom. The minimum atomic E-state index is -4.46. The molecular weight excluding hydrogens is 445 g/mol. The molecule has 2 amide bonds. The van der Waals surface area contributed by atoms with E-state index in [9.17, 15) is 22.8 Å². The first kappa shape index (κ1) is 24.1. The van der Waals surface area contributed by atoms with E-state index >= 15 is 0 Å². The number of anilines is 2. The van der Waals surface area contributed by atoms with E-state index in [0.717, 1.165) is 75.1 Å². The van der Waals surface area contributed by atoms with Gasteiger partial charge in [-0.05, 0) is 80.2 Å². The SMILES string of the molecule is CN1CCCc2cc(C(CNC(=O)C(=O)Nc3ccc(C(F)(F)F)cc3)N3CCCC3)ccc21. The molecule has 0 aromatic heterocycles. The van der Waals surface area contributed by atoms with Crippen LogP contribution in [0.3, 0.4) is 0 Å². The number of nitrogens with zero attached hydrogens (tertiary/aromatic N) is 2. The van der Waals surface area contributed by atoms with E-state index in [1.807, 2.05) is 0 Å². The highest BCUT2D eigenvalue weighted by Crippen LogP contribution is 2.32. The predicted molar refractivity (Wildman–Crippen MR) is 125 cm³/mol. The van der Waals surface area contributed by atoms with Gasteiger partial charge in [-0.1, -0.05) is 12.1 Å². The molecule has 9 heteroatoms. The molecule has 34 heavy (non-hydrogen) atoms. The first-order chi connectivity index (χ1) is 16.2. The first-order valence-corrected chi connectivity index (χ1v) is 11.6. The standard InChI is InChI=1S/C25H29F3N4O2/c1-31-12-4-5-17-15-18(6-11-21(17)31)22(32-13-2-3-14-32)16-29-23(33)24(34)30-20-9-7-19(8-10-20)25(26,27)28/h6-11,15,22H,2-5,12-14,16H2,1H3,(H,29,33)(H,30,34). The summed E-state index contributed by atoms with van der Waals surface area (Å²) >= 11 is 0. The van der Waals surface area contributed by atoms with Crippen molar-refractivity contribution in [2.75, 3.05) is 43.4 Å². The van der Waals surface area contributed by atoms with Crippen LogP contribution >= 0.6 is 0 Å². The Morgan fingerprint density at radius 2 is 1.68 bits per heavy atom. The second-order valence-electron chi connectivity index (χ2n) is 8.91. The number of rotatable bonds is 5. The number of alkyl halides is 3. The highest BCUT2D eigenvalue weighted by Gasteiger charge is 2.30. The third-order valence-electron chi connectivity index (χ3n) is 6.55. The zero-order valence-electron chi connectivity index (χ0n) is 19.1. The molecule has 0 bridgehead atoms. The number of carbonyl (C=O) groups is 2. The van der Waals surface area contributed by atoms with Crippen molar-refractivity contribution < 1.29 is 22.8 Å². The van der Waals surface area contributed by atoms with Crippen molar-refractivity contribution >= 4 is 23.2 Å². The lowest BCUT2D eigenvalue weighted by Crippen LogP contribution is -2.41. The average Bonchev–Trinajstić information content (AvgIpc) is 3.33. The van der Waals surface area contributed by atoms with Crippen molar-refractivity contribution in [3.05, 3.63) is 59.2 Å². The van der Waals surface area contributed by atoms with Crippen LogP contribution < -0.4 is 15.5 Å². The molecule has 2 aliphatic rings. The average molecular weight is 475 g/mol. The normalized spacial score (nSPS) is 17.2. The molecule has 0 radical (unpaired) electrons. The minimum absolute atomic E-state index is 0.0529. The molecular formula is C25H29F3N4O2. The number of likely N-dealkylation sites (tertiary alicyclic amines) is 1. The number of halogens is 3. The topological polar surface area (TPSA) is 64.7 Å². The molecule has 2 aromatic carbocycles. The number of hydrogen-bond acceptors (Lipinski definition) is 4. The summed E-state index contributed by atoms with van der Waals surface area (Å²) in [5.74, 6) is -1.73.